The van der Waals surface area contributed by atoms with Gasteiger partial charge in [0.2, 0.25) is 5.82 Å². The van der Waals surface area contributed by atoms with Gasteiger partial charge >= 0.3 is 6.01 Å². The fourth-order valence-corrected chi connectivity index (χ4v) is 1.58. The van der Waals surface area contributed by atoms with E-state index in [0.29, 0.717) is 11.8 Å². The van der Waals surface area contributed by atoms with E-state index < -0.39 is 0 Å². The number of hydrogen-bond acceptors (Lipinski definition) is 5. The van der Waals surface area contributed by atoms with E-state index in [1.54, 1.807) is 7.11 Å². The number of nitrogens with zero attached hydrogens (tertiary/aromatic N) is 2. The summed E-state index contributed by atoms with van der Waals surface area (Å²) in [6.07, 6.45) is 0. The van der Waals surface area contributed by atoms with E-state index >= 15 is 0 Å². The van der Waals surface area contributed by atoms with Crippen LogP contribution in [0.1, 0.15) is 12.5 Å². The van der Waals surface area contributed by atoms with Crippen molar-refractivity contribution < 1.29 is 9.26 Å². The third-order valence-corrected chi connectivity index (χ3v) is 2.41. The highest BCUT2D eigenvalue weighted by atomic mass is 16.5. The van der Waals surface area contributed by atoms with Crippen LogP contribution >= 0.6 is 0 Å². The summed E-state index contributed by atoms with van der Waals surface area (Å²) in [5.41, 5.74) is 1.95. The van der Waals surface area contributed by atoms with Crippen LogP contribution in [0.3, 0.4) is 0 Å². The van der Waals surface area contributed by atoms with Gasteiger partial charge in [-0.15, -0.1) is 0 Å². The zero-order valence-electron chi connectivity index (χ0n) is 10.2. The minimum Gasteiger partial charge on any atom is -0.496 e. The minimum atomic E-state index is 0.441. The second-order valence-corrected chi connectivity index (χ2v) is 3.64. The average Bonchev–Trinajstić information content (AvgIpc) is 2.78. The Morgan fingerprint density at radius 2 is 2.24 bits per heavy atom. The molecule has 1 heterocycles. The summed E-state index contributed by atoms with van der Waals surface area (Å²) in [7, 11) is 1.65. The van der Waals surface area contributed by atoms with Crippen LogP contribution in [0, 0.1) is 6.92 Å². The maximum atomic E-state index is 5.20. The van der Waals surface area contributed by atoms with Crippen molar-refractivity contribution in [2.45, 2.75) is 13.8 Å². The number of anilines is 1. The topological polar surface area (TPSA) is 60.2 Å². The summed E-state index contributed by atoms with van der Waals surface area (Å²) in [6, 6.07) is 6.22. The Morgan fingerprint density at radius 1 is 1.41 bits per heavy atom. The third-order valence-electron chi connectivity index (χ3n) is 2.41. The molecule has 0 unspecified atom stereocenters. The Kier molecular flexibility index (Phi) is 3.27. The van der Waals surface area contributed by atoms with Crippen LogP contribution in [0.4, 0.5) is 6.01 Å². The number of aryl methyl sites for hydroxylation is 1. The first kappa shape index (κ1) is 11.4. The van der Waals surface area contributed by atoms with Gasteiger partial charge in [0.05, 0.1) is 7.11 Å². The van der Waals surface area contributed by atoms with Gasteiger partial charge in [-0.05, 0) is 37.6 Å². The van der Waals surface area contributed by atoms with Gasteiger partial charge in [-0.1, -0.05) is 5.16 Å². The van der Waals surface area contributed by atoms with Crippen molar-refractivity contribution in [3.05, 3.63) is 23.8 Å². The van der Waals surface area contributed by atoms with Crippen LogP contribution < -0.4 is 10.1 Å². The van der Waals surface area contributed by atoms with Gasteiger partial charge in [-0.3, -0.25) is 0 Å². The summed E-state index contributed by atoms with van der Waals surface area (Å²) < 4.78 is 10.3. The molecule has 17 heavy (non-hydrogen) atoms. The molecule has 0 amide bonds. The lowest BCUT2D eigenvalue weighted by Crippen LogP contribution is -1.95. The molecule has 0 saturated heterocycles. The second kappa shape index (κ2) is 4.86. The first-order chi connectivity index (χ1) is 8.24. The van der Waals surface area contributed by atoms with Crippen molar-refractivity contribution >= 4 is 6.01 Å². The predicted molar refractivity (Wildman–Crippen MR) is 65.2 cm³/mol. The third kappa shape index (κ3) is 2.38. The Morgan fingerprint density at radius 3 is 2.88 bits per heavy atom. The van der Waals surface area contributed by atoms with Crippen molar-refractivity contribution in [2.75, 3.05) is 19.0 Å². The van der Waals surface area contributed by atoms with Crippen LogP contribution in [0.5, 0.6) is 5.75 Å². The molecule has 5 heteroatoms. The van der Waals surface area contributed by atoms with E-state index in [-0.39, 0.29) is 0 Å². The van der Waals surface area contributed by atoms with Crippen LogP contribution in [-0.2, 0) is 0 Å². The van der Waals surface area contributed by atoms with Gasteiger partial charge < -0.3 is 14.6 Å². The molecule has 0 aliphatic carbocycles. The smallest absolute Gasteiger partial charge is 0.321 e. The molecule has 0 fully saturated rings. The number of benzene rings is 1. The fourth-order valence-electron chi connectivity index (χ4n) is 1.58. The Labute approximate surface area is 99.8 Å². The number of nitrogens with one attached hydrogen (secondary N) is 1. The molecular weight excluding hydrogens is 218 g/mol. The van der Waals surface area contributed by atoms with E-state index in [9.17, 15) is 0 Å². The summed E-state index contributed by atoms with van der Waals surface area (Å²) >= 11 is 0. The maximum Gasteiger partial charge on any atom is 0.321 e. The monoisotopic (exact) mass is 233 g/mol. The van der Waals surface area contributed by atoms with E-state index in [0.717, 1.165) is 23.4 Å². The molecule has 0 atom stereocenters. The lowest BCUT2D eigenvalue weighted by Gasteiger charge is -2.04. The molecule has 0 aliphatic heterocycles. The largest absolute Gasteiger partial charge is 0.496 e. The van der Waals surface area contributed by atoms with Crippen molar-refractivity contribution in [1.82, 2.24) is 10.1 Å². The van der Waals surface area contributed by atoms with E-state index in [1.165, 1.54) is 0 Å². The van der Waals surface area contributed by atoms with Crippen molar-refractivity contribution in [2.24, 2.45) is 0 Å². The zero-order valence-corrected chi connectivity index (χ0v) is 10.2. The number of aromatic nitrogens is 2. The molecule has 0 aliphatic rings. The normalized spacial score (nSPS) is 10.3. The Bertz CT molecular complexity index is 508. The van der Waals surface area contributed by atoms with Gasteiger partial charge in [0.1, 0.15) is 5.75 Å². The van der Waals surface area contributed by atoms with Crippen LogP contribution in [0.2, 0.25) is 0 Å². The number of hydrogen-bond donors (Lipinski definition) is 1. The van der Waals surface area contributed by atoms with Crippen molar-refractivity contribution in [3.63, 3.8) is 0 Å². The molecule has 0 saturated carbocycles. The summed E-state index contributed by atoms with van der Waals surface area (Å²) in [5, 5.41) is 6.88. The van der Waals surface area contributed by atoms with Crippen molar-refractivity contribution in [3.8, 4) is 17.1 Å². The molecule has 0 spiro atoms. The predicted octanol–water partition coefficient (Wildman–Crippen LogP) is 2.49. The first-order valence-corrected chi connectivity index (χ1v) is 5.47. The lowest BCUT2D eigenvalue weighted by atomic mass is 10.1. The number of rotatable bonds is 4. The SMILES string of the molecule is CCNc1nc(-c2ccc(OC)c(C)c2)no1. The molecule has 1 aromatic heterocycles. The molecule has 90 valence electrons. The van der Waals surface area contributed by atoms with Crippen LogP contribution in [0.15, 0.2) is 22.7 Å². The van der Waals surface area contributed by atoms with Crippen molar-refractivity contribution in [1.29, 1.82) is 0 Å². The van der Waals surface area contributed by atoms with Gasteiger partial charge in [0.15, 0.2) is 0 Å². The molecule has 0 radical (unpaired) electrons. The molecule has 5 nitrogen and oxygen atoms in total. The second-order valence-electron chi connectivity index (χ2n) is 3.64. The molecule has 1 N–H and O–H groups in total. The molecule has 2 aromatic rings. The van der Waals surface area contributed by atoms with E-state index in [4.69, 9.17) is 9.26 Å². The number of methoxy groups -OCH3 is 1. The minimum absolute atomic E-state index is 0.441. The maximum absolute atomic E-state index is 5.20. The molecule has 2 rings (SSSR count). The summed E-state index contributed by atoms with van der Waals surface area (Å²) in [4.78, 5) is 4.24. The van der Waals surface area contributed by atoms with Crippen LogP contribution in [-0.4, -0.2) is 23.8 Å². The lowest BCUT2D eigenvalue weighted by molar-refractivity contribution is 0.411. The van der Waals surface area contributed by atoms with Gasteiger partial charge in [-0.25, -0.2) is 0 Å². The number of ether oxygens (including phenoxy) is 1. The fraction of sp³-hybridized carbons (Fsp3) is 0.333. The highest BCUT2D eigenvalue weighted by Gasteiger charge is 2.09. The Hall–Kier alpha value is -2.04. The van der Waals surface area contributed by atoms with Gasteiger partial charge in [0, 0.05) is 12.1 Å². The molecule has 0 bridgehead atoms. The first-order valence-electron chi connectivity index (χ1n) is 5.47. The van der Waals surface area contributed by atoms with Gasteiger partial charge in [0.25, 0.3) is 0 Å². The average molecular weight is 233 g/mol. The van der Waals surface area contributed by atoms with Gasteiger partial charge in [-0.2, -0.15) is 4.98 Å². The standard InChI is InChI=1S/C12H15N3O2/c1-4-13-12-14-11(15-17-12)9-5-6-10(16-3)8(2)7-9/h5-7H,4H2,1-3H3,(H,13,14,15). The van der Waals surface area contributed by atoms with E-state index in [1.807, 2.05) is 32.0 Å². The van der Waals surface area contributed by atoms with Crippen LogP contribution in [0.25, 0.3) is 11.4 Å². The molecule has 1 aromatic carbocycles. The highest BCUT2D eigenvalue weighted by Crippen LogP contribution is 2.24. The van der Waals surface area contributed by atoms with E-state index in [2.05, 4.69) is 15.5 Å². The molecular formula is C12H15N3O2. The summed E-state index contributed by atoms with van der Waals surface area (Å²) in [5.74, 6) is 1.43. The zero-order chi connectivity index (χ0) is 12.3. The summed E-state index contributed by atoms with van der Waals surface area (Å²) in [6.45, 7) is 4.71. The quantitative estimate of drug-likeness (QED) is 0.879. The Balaban J connectivity index is 2.29. The highest BCUT2D eigenvalue weighted by molar-refractivity contribution is 5.59.